The zero-order chi connectivity index (χ0) is 19.5. The van der Waals surface area contributed by atoms with Gasteiger partial charge in [-0.05, 0) is 30.3 Å². The van der Waals surface area contributed by atoms with Crippen LogP contribution in [0, 0.1) is 0 Å². The fourth-order valence-electron chi connectivity index (χ4n) is 1.87. The molecule has 2 aromatic carbocycles. The van der Waals surface area contributed by atoms with Crippen LogP contribution in [0.1, 0.15) is 5.56 Å². The molecule has 0 aliphatic heterocycles. The molecule has 2 aromatic rings. The van der Waals surface area contributed by atoms with Gasteiger partial charge in [0.2, 0.25) is 0 Å². The molecule has 136 valence electrons. The lowest BCUT2D eigenvalue weighted by Crippen LogP contribution is -2.13. The molecule has 0 aliphatic carbocycles. The van der Waals surface area contributed by atoms with E-state index in [1.54, 1.807) is 0 Å². The highest BCUT2D eigenvalue weighted by atomic mass is 35.5. The maximum atomic E-state index is 12.4. The number of nitrogens with one attached hydrogen (secondary N) is 1. The number of carboxylic acid groups (broad SMARTS) is 1. The summed E-state index contributed by atoms with van der Waals surface area (Å²) >= 11 is 11.6. The predicted octanol–water partition coefficient (Wildman–Crippen LogP) is 3.35. The first-order valence-corrected chi connectivity index (χ1v) is 9.10. The van der Waals surface area contributed by atoms with Gasteiger partial charge >= 0.3 is 5.97 Å². The number of aliphatic carboxylic acids is 1. The van der Waals surface area contributed by atoms with Crippen LogP contribution in [0.4, 0.5) is 5.69 Å². The lowest BCUT2D eigenvalue weighted by atomic mass is 10.1. The molecule has 0 saturated carbocycles. The molecule has 0 spiro atoms. The molecule has 10 heteroatoms. The predicted molar refractivity (Wildman–Crippen MR) is 97.0 cm³/mol. The number of aliphatic hydroxyl groups excluding tert-OH is 1. The van der Waals surface area contributed by atoms with Crippen molar-refractivity contribution in [2.45, 2.75) is 4.90 Å². The molecular weight excluding hydrogens is 405 g/mol. The number of carboxylic acids is 1. The third kappa shape index (κ3) is 4.75. The molecule has 0 atom stereocenters. The molecule has 0 amide bonds. The summed E-state index contributed by atoms with van der Waals surface area (Å²) in [4.78, 5) is 21.5. The normalized spacial score (nSPS) is 11.8. The van der Waals surface area contributed by atoms with Gasteiger partial charge in [-0.3, -0.25) is 9.52 Å². The van der Waals surface area contributed by atoms with E-state index in [4.69, 9.17) is 28.3 Å². The lowest BCUT2D eigenvalue weighted by molar-refractivity contribution is -0.146. The van der Waals surface area contributed by atoms with Crippen molar-refractivity contribution in [1.29, 1.82) is 0 Å². The van der Waals surface area contributed by atoms with Crippen molar-refractivity contribution in [3.8, 4) is 0 Å². The van der Waals surface area contributed by atoms with Crippen molar-refractivity contribution in [1.82, 2.24) is 0 Å². The maximum absolute atomic E-state index is 12.4. The van der Waals surface area contributed by atoms with E-state index in [-0.39, 0.29) is 26.2 Å². The summed E-state index contributed by atoms with van der Waals surface area (Å²) in [5.74, 6) is -3.66. The summed E-state index contributed by atoms with van der Waals surface area (Å²) in [5, 5.41) is 18.6. The van der Waals surface area contributed by atoms with Gasteiger partial charge < -0.3 is 10.2 Å². The van der Waals surface area contributed by atoms with E-state index in [0.717, 1.165) is 0 Å². The highest BCUT2D eigenvalue weighted by molar-refractivity contribution is 7.92. The summed E-state index contributed by atoms with van der Waals surface area (Å²) in [7, 11) is -3.99. The van der Waals surface area contributed by atoms with Gasteiger partial charge in [0.15, 0.2) is 0 Å². The van der Waals surface area contributed by atoms with Crippen LogP contribution < -0.4 is 4.72 Å². The number of carbonyl (C=O) groups excluding carboxylic acids is 1. The van der Waals surface area contributed by atoms with Crippen molar-refractivity contribution >= 4 is 56.4 Å². The minimum atomic E-state index is -3.99. The smallest absolute Gasteiger partial charge is 0.376 e. The van der Waals surface area contributed by atoms with Gasteiger partial charge in [0.05, 0.1) is 14.9 Å². The molecule has 7 nitrogen and oxygen atoms in total. The molecule has 0 aromatic heterocycles. The highest BCUT2D eigenvalue weighted by Crippen LogP contribution is 2.26. The Morgan fingerprint density at radius 3 is 2.31 bits per heavy atom. The lowest BCUT2D eigenvalue weighted by Gasteiger charge is -2.10. The number of aliphatic hydroxyl groups is 1. The van der Waals surface area contributed by atoms with Gasteiger partial charge in [-0.15, -0.1) is 0 Å². The number of anilines is 1. The Kier molecular flexibility index (Phi) is 5.91. The van der Waals surface area contributed by atoms with Crippen molar-refractivity contribution in [3.63, 3.8) is 0 Å². The number of benzene rings is 2. The Bertz CT molecular complexity index is 1020. The number of hydrogen-bond acceptors (Lipinski definition) is 5. The zero-order valence-corrected chi connectivity index (χ0v) is 15.1. The second kappa shape index (κ2) is 7.77. The first-order chi connectivity index (χ1) is 12.1. The average molecular weight is 416 g/mol. The van der Waals surface area contributed by atoms with Crippen molar-refractivity contribution < 1.29 is 28.2 Å². The van der Waals surface area contributed by atoms with E-state index >= 15 is 0 Å². The third-order valence-corrected chi connectivity index (χ3v) is 5.21. The second-order valence-electron chi connectivity index (χ2n) is 4.96. The number of sulfonamides is 1. The van der Waals surface area contributed by atoms with Crippen LogP contribution in [0.15, 0.2) is 53.4 Å². The fraction of sp³-hybridized carbons (Fsp3) is 0. The molecule has 0 bridgehead atoms. The Labute approximate surface area is 158 Å². The maximum Gasteiger partial charge on any atom is 0.376 e. The molecule has 0 aliphatic rings. The Balaban J connectivity index is 2.31. The van der Waals surface area contributed by atoms with Crippen LogP contribution in [0.5, 0.6) is 0 Å². The molecule has 0 fully saturated rings. The second-order valence-corrected chi connectivity index (χ2v) is 7.46. The Morgan fingerprint density at radius 2 is 1.69 bits per heavy atom. The van der Waals surface area contributed by atoms with Gasteiger partial charge in [-0.25, -0.2) is 13.2 Å². The monoisotopic (exact) mass is 415 g/mol. The van der Waals surface area contributed by atoms with Gasteiger partial charge in [-0.2, -0.15) is 0 Å². The average Bonchev–Trinajstić information content (AvgIpc) is 2.56. The highest BCUT2D eigenvalue weighted by Gasteiger charge is 2.16. The molecule has 0 radical (unpaired) electrons. The van der Waals surface area contributed by atoms with E-state index < -0.39 is 27.5 Å². The summed E-state index contributed by atoms with van der Waals surface area (Å²) < 4.78 is 27.1. The topological polar surface area (TPSA) is 121 Å². The summed E-state index contributed by atoms with van der Waals surface area (Å²) in [6, 6.07) is 9.21. The molecule has 3 N–H and O–H groups in total. The molecular formula is C16H11Cl2NO6S. The first-order valence-electron chi connectivity index (χ1n) is 6.86. The van der Waals surface area contributed by atoms with Crippen molar-refractivity contribution in [2.75, 3.05) is 4.72 Å². The number of ketones is 1. The molecule has 2 rings (SSSR count). The SMILES string of the molecule is O=C(O)C(=O)C=C(O)c1cccc(NS(=O)(=O)c2ccc(Cl)c(Cl)c2)c1. The van der Waals surface area contributed by atoms with E-state index in [9.17, 15) is 23.1 Å². The minimum Gasteiger partial charge on any atom is -0.507 e. The molecule has 26 heavy (non-hydrogen) atoms. The van der Waals surface area contributed by atoms with Crippen molar-refractivity contribution in [2.24, 2.45) is 0 Å². The largest absolute Gasteiger partial charge is 0.507 e. The van der Waals surface area contributed by atoms with E-state index in [1.165, 1.54) is 42.5 Å². The van der Waals surface area contributed by atoms with Gasteiger partial charge in [0, 0.05) is 17.3 Å². The van der Waals surface area contributed by atoms with Crippen LogP contribution >= 0.6 is 23.2 Å². The van der Waals surface area contributed by atoms with Crippen LogP contribution in [-0.2, 0) is 19.6 Å². The Morgan fingerprint density at radius 1 is 1.00 bits per heavy atom. The van der Waals surface area contributed by atoms with Crippen molar-refractivity contribution in [3.05, 3.63) is 64.1 Å². The van der Waals surface area contributed by atoms with Crippen LogP contribution in [0.2, 0.25) is 10.0 Å². The zero-order valence-electron chi connectivity index (χ0n) is 12.8. The fourth-order valence-corrected chi connectivity index (χ4v) is 3.31. The van der Waals surface area contributed by atoms with Gasteiger partial charge in [0.1, 0.15) is 5.76 Å². The van der Waals surface area contributed by atoms with E-state index in [2.05, 4.69) is 4.72 Å². The number of halogens is 2. The molecule has 0 saturated heterocycles. The van der Waals surface area contributed by atoms with Gasteiger partial charge in [-0.1, -0.05) is 35.3 Å². The molecule has 0 heterocycles. The standard InChI is InChI=1S/C16H11Cl2NO6S/c17-12-5-4-11(7-13(12)18)26(24,25)19-10-3-1-2-9(6-10)14(20)8-15(21)16(22)23/h1-8,19-20H,(H,22,23). The Hall–Kier alpha value is -2.55. The van der Waals surface area contributed by atoms with Crippen LogP contribution in [0.25, 0.3) is 5.76 Å². The van der Waals surface area contributed by atoms with Gasteiger partial charge in [0.25, 0.3) is 15.8 Å². The number of rotatable bonds is 6. The minimum absolute atomic E-state index is 0.0499. The van der Waals surface area contributed by atoms with E-state index in [0.29, 0.717) is 6.08 Å². The summed E-state index contributed by atoms with van der Waals surface area (Å²) in [5.41, 5.74) is 0.130. The van der Waals surface area contributed by atoms with Crippen LogP contribution in [-0.4, -0.2) is 30.4 Å². The number of carbonyl (C=O) groups is 2. The summed E-state index contributed by atoms with van der Waals surface area (Å²) in [6.45, 7) is 0. The first kappa shape index (κ1) is 19.8. The molecule has 0 unspecified atom stereocenters. The number of hydrogen-bond donors (Lipinski definition) is 3. The van der Waals surface area contributed by atoms with E-state index in [1.807, 2.05) is 0 Å². The van der Waals surface area contributed by atoms with Crippen LogP contribution in [0.3, 0.4) is 0 Å². The summed E-state index contributed by atoms with van der Waals surface area (Å²) in [6.07, 6.45) is 0.523. The quantitative estimate of drug-likeness (QED) is 0.377. The third-order valence-electron chi connectivity index (χ3n) is 3.09.